The molecule has 1 aromatic heterocycles. The van der Waals surface area contributed by atoms with E-state index in [2.05, 4.69) is 10.2 Å². The van der Waals surface area contributed by atoms with E-state index in [0.29, 0.717) is 0 Å². The van der Waals surface area contributed by atoms with Crippen LogP contribution in [-0.4, -0.2) is 23.5 Å². The summed E-state index contributed by atoms with van der Waals surface area (Å²) >= 11 is 0. The fraction of sp³-hybridized carbons (Fsp3) is 0. The highest BCUT2D eigenvalue weighted by atomic mass is 32.2. The highest BCUT2D eigenvalue weighted by Crippen LogP contribution is 2.29. The van der Waals surface area contributed by atoms with E-state index in [0.717, 1.165) is 30.6 Å². The summed E-state index contributed by atoms with van der Waals surface area (Å²) in [4.78, 5) is 9.59. The molecule has 10 heteroatoms. The smallest absolute Gasteiger partial charge is 0.284 e. The maximum absolute atomic E-state index is 13.5. The first-order chi connectivity index (χ1) is 8.92. The molecule has 0 atom stereocenters. The molecule has 0 spiro atoms. The molecule has 0 unspecified atom stereocenters. The zero-order valence-electron chi connectivity index (χ0n) is 9.20. The standard InChI is InChI=1S/C9H7FN4O4S/c10-7-2-1-3-8(14(15)16)9(7)13-19(17,18)6-4-11-12-5-6/h1-5,13H,(H,11,12). The van der Waals surface area contributed by atoms with Crippen LogP contribution >= 0.6 is 0 Å². The summed E-state index contributed by atoms with van der Waals surface area (Å²) in [6.45, 7) is 0. The van der Waals surface area contributed by atoms with Crippen molar-refractivity contribution in [3.8, 4) is 0 Å². The zero-order valence-corrected chi connectivity index (χ0v) is 10.0. The molecule has 0 saturated heterocycles. The molecule has 8 nitrogen and oxygen atoms in total. The van der Waals surface area contributed by atoms with Crippen LogP contribution in [0.3, 0.4) is 0 Å². The molecule has 1 heterocycles. The van der Waals surface area contributed by atoms with Crippen LogP contribution < -0.4 is 4.72 Å². The lowest BCUT2D eigenvalue weighted by Gasteiger charge is -2.07. The Bertz CT molecular complexity index is 714. The molecule has 0 radical (unpaired) electrons. The van der Waals surface area contributed by atoms with Gasteiger partial charge in [-0.05, 0) is 6.07 Å². The van der Waals surface area contributed by atoms with E-state index in [-0.39, 0.29) is 4.90 Å². The van der Waals surface area contributed by atoms with E-state index >= 15 is 0 Å². The van der Waals surface area contributed by atoms with Gasteiger partial charge in [0.1, 0.15) is 4.90 Å². The van der Waals surface area contributed by atoms with Crippen LogP contribution in [0.1, 0.15) is 0 Å². The zero-order chi connectivity index (χ0) is 14.0. The van der Waals surface area contributed by atoms with E-state index in [1.54, 1.807) is 0 Å². The Labute approximate surface area is 106 Å². The minimum atomic E-state index is -4.14. The molecular formula is C9H7FN4O4S. The first-order valence-corrected chi connectivity index (χ1v) is 6.34. The van der Waals surface area contributed by atoms with Gasteiger partial charge in [0.15, 0.2) is 11.5 Å². The van der Waals surface area contributed by atoms with E-state index in [4.69, 9.17) is 0 Å². The molecule has 2 N–H and O–H groups in total. The summed E-state index contributed by atoms with van der Waals surface area (Å²) in [6.07, 6.45) is 2.06. The van der Waals surface area contributed by atoms with E-state index in [9.17, 15) is 22.9 Å². The van der Waals surface area contributed by atoms with Gasteiger partial charge in [-0.15, -0.1) is 0 Å². The number of nitrogens with one attached hydrogen (secondary N) is 2. The van der Waals surface area contributed by atoms with Gasteiger partial charge in [0.05, 0.1) is 11.1 Å². The van der Waals surface area contributed by atoms with Crippen molar-refractivity contribution < 1.29 is 17.7 Å². The van der Waals surface area contributed by atoms with Gasteiger partial charge < -0.3 is 0 Å². The Morgan fingerprint density at radius 3 is 2.74 bits per heavy atom. The largest absolute Gasteiger partial charge is 0.296 e. The van der Waals surface area contributed by atoms with Crippen LogP contribution in [0.25, 0.3) is 0 Å². The number of rotatable bonds is 4. The molecule has 2 rings (SSSR count). The number of para-hydroxylation sites is 1. The number of nitro groups is 1. The fourth-order valence-corrected chi connectivity index (χ4v) is 2.33. The molecule has 100 valence electrons. The highest BCUT2D eigenvalue weighted by Gasteiger charge is 2.24. The number of hydrogen-bond donors (Lipinski definition) is 2. The molecule has 19 heavy (non-hydrogen) atoms. The van der Waals surface area contributed by atoms with Gasteiger partial charge >= 0.3 is 0 Å². The number of nitro benzene ring substituents is 1. The third-order valence-electron chi connectivity index (χ3n) is 2.21. The third-order valence-corrected chi connectivity index (χ3v) is 3.52. The lowest BCUT2D eigenvalue weighted by molar-refractivity contribution is -0.384. The third kappa shape index (κ3) is 2.52. The Morgan fingerprint density at radius 2 is 2.16 bits per heavy atom. The molecule has 0 saturated carbocycles. The number of sulfonamides is 1. The van der Waals surface area contributed by atoms with Crippen molar-refractivity contribution in [2.45, 2.75) is 4.90 Å². The molecule has 0 aliphatic heterocycles. The van der Waals surface area contributed by atoms with Crippen molar-refractivity contribution in [1.29, 1.82) is 0 Å². The van der Waals surface area contributed by atoms with Gasteiger partial charge in [0, 0.05) is 12.3 Å². The Morgan fingerprint density at radius 1 is 1.42 bits per heavy atom. The monoisotopic (exact) mass is 286 g/mol. The number of halogens is 1. The molecule has 0 bridgehead atoms. The number of aromatic amines is 1. The van der Waals surface area contributed by atoms with E-state index in [1.165, 1.54) is 0 Å². The van der Waals surface area contributed by atoms with Crippen LogP contribution in [0.5, 0.6) is 0 Å². The van der Waals surface area contributed by atoms with Crippen molar-refractivity contribution in [3.63, 3.8) is 0 Å². The van der Waals surface area contributed by atoms with Crippen molar-refractivity contribution in [1.82, 2.24) is 10.2 Å². The maximum atomic E-state index is 13.5. The minimum absolute atomic E-state index is 0.259. The predicted octanol–water partition coefficient (Wildman–Crippen LogP) is 1.26. The van der Waals surface area contributed by atoms with Crippen LogP contribution in [0.15, 0.2) is 35.5 Å². The van der Waals surface area contributed by atoms with Crippen LogP contribution in [0.4, 0.5) is 15.8 Å². The van der Waals surface area contributed by atoms with Crippen molar-refractivity contribution in [2.24, 2.45) is 0 Å². The van der Waals surface area contributed by atoms with Gasteiger partial charge in [-0.3, -0.25) is 19.9 Å². The second-order valence-electron chi connectivity index (χ2n) is 3.43. The first kappa shape index (κ1) is 13.0. The summed E-state index contributed by atoms with van der Waals surface area (Å²) in [5.41, 5.74) is -1.39. The van der Waals surface area contributed by atoms with Crippen molar-refractivity contribution in [3.05, 3.63) is 46.5 Å². The van der Waals surface area contributed by atoms with E-state index in [1.807, 2.05) is 4.72 Å². The average Bonchev–Trinajstić information content (AvgIpc) is 2.85. The SMILES string of the molecule is O=[N+]([O-])c1cccc(F)c1NS(=O)(=O)c1cn[nH]c1. The van der Waals surface area contributed by atoms with Gasteiger partial charge in [-0.25, -0.2) is 12.8 Å². The molecule has 1 aromatic carbocycles. The summed E-state index contributed by atoms with van der Waals surface area (Å²) in [7, 11) is -4.14. The van der Waals surface area contributed by atoms with Crippen LogP contribution in [0.2, 0.25) is 0 Å². The van der Waals surface area contributed by atoms with Gasteiger partial charge in [-0.1, -0.05) is 6.07 Å². The van der Waals surface area contributed by atoms with Crippen LogP contribution in [0, 0.1) is 15.9 Å². The van der Waals surface area contributed by atoms with Crippen molar-refractivity contribution in [2.75, 3.05) is 4.72 Å². The number of benzene rings is 1. The Balaban J connectivity index is 2.48. The Hall–Kier alpha value is -2.49. The second kappa shape index (κ2) is 4.65. The topological polar surface area (TPSA) is 118 Å². The molecule has 2 aromatic rings. The lowest BCUT2D eigenvalue weighted by atomic mass is 10.2. The minimum Gasteiger partial charge on any atom is -0.284 e. The molecule has 0 aliphatic rings. The maximum Gasteiger partial charge on any atom is 0.296 e. The predicted molar refractivity (Wildman–Crippen MR) is 62.5 cm³/mol. The molecule has 0 aliphatic carbocycles. The first-order valence-electron chi connectivity index (χ1n) is 4.86. The Kier molecular flexibility index (Phi) is 3.17. The summed E-state index contributed by atoms with van der Waals surface area (Å²) in [5.74, 6) is -1.04. The van der Waals surface area contributed by atoms with Gasteiger partial charge in [-0.2, -0.15) is 5.10 Å². The number of hydrogen-bond acceptors (Lipinski definition) is 5. The van der Waals surface area contributed by atoms with Crippen molar-refractivity contribution >= 4 is 21.4 Å². The number of aromatic nitrogens is 2. The van der Waals surface area contributed by atoms with Crippen LogP contribution in [-0.2, 0) is 10.0 Å². The van der Waals surface area contributed by atoms with E-state index < -0.39 is 32.1 Å². The lowest BCUT2D eigenvalue weighted by Crippen LogP contribution is -2.14. The molecular weight excluding hydrogens is 279 g/mol. The average molecular weight is 286 g/mol. The normalized spacial score (nSPS) is 11.2. The summed E-state index contributed by atoms with van der Waals surface area (Å²) < 4.78 is 39.0. The summed E-state index contributed by atoms with van der Waals surface area (Å²) in [5, 5.41) is 16.4. The van der Waals surface area contributed by atoms with Gasteiger partial charge in [0.2, 0.25) is 0 Å². The van der Waals surface area contributed by atoms with Gasteiger partial charge in [0.25, 0.3) is 15.7 Å². The number of nitrogens with zero attached hydrogens (tertiary/aromatic N) is 2. The second-order valence-corrected chi connectivity index (χ2v) is 5.11. The number of H-pyrrole nitrogens is 1. The highest BCUT2D eigenvalue weighted by molar-refractivity contribution is 7.92. The summed E-state index contributed by atoms with van der Waals surface area (Å²) in [6, 6.07) is 3.03. The molecule has 0 amide bonds. The fourth-order valence-electron chi connectivity index (χ4n) is 1.35. The molecule has 0 fully saturated rings. The number of anilines is 1. The quantitative estimate of drug-likeness (QED) is 0.648.